The summed E-state index contributed by atoms with van der Waals surface area (Å²) in [6, 6.07) is 0. The molecular weight excluding hydrogens is 172 g/mol. The minimum atomic E-state index is -0.534. The van der Waals surface area contributed by atoms with Crippen molar-refractivity contribution in [1.29, 1.82) is 0 Å². The van der Waals surface area contributed by atoms with E-state index in [0.29, 0.717) is 0 Å². The van der Waals surface area contributed by atoms with Gasteiger partial charge in [-0.15, -0.1) is 0 Å². The first kappa shape index (κ1) is 11.7. The van der Waals surface area contributed by atoms with E-state index in [9.17, 15) is 9.59 Å². The van der Waals surface area contributed by atoms with E-state index in [2.05, 4.69) is 4.74 Å². The highest BCUT2D eigenvalue weighted by molar-refractivity contribution is 5.82. The second-order valence-corrected chi connectivity index (χ2v) is 3.45. The maximum Gasteiger partial charge on any atom is 0.334 e. The normalized spacial score (nSPS) is 11.4. The summed E-state index contributed by atoms with van der Waals surface area (Å²) in [6.07, 6.45) is 2.07. The van der Waals surface area contributed by atoms with Gasteiger partial charge in [0.2, 0.25) is 0 Å². The third-order valence-electron chi connectivity index (χ3n) is 0.845. The van der Waals surface area contributed by atoms with Crippen LogP contribution in [0.15, 0.2) is 12.3 Å². The van der Waals surface area contributed by atoms with Crippen LogP contribution in [0.1, 0.15) is 27.7 Å². The maximum absolute atomic E-state index is 10.9. The summed E-state index contributed by atoms with van der Waals surface area (Å²) in [4.78, 5) is 21.2. The van der Waals surface area contributed by atoms with E-state index >= 15 is 0 Å². The third-order valence-corrected chi connectivity index (χ3v) is 0.845. The van der Waals surface area contributed by atoms with Crippen LogP contribution < -0.4 is 0 Å². The van der Waals surface area contributed by atoms with Gasteiger partial charge in [0.1, 0.15) is 11.9 Å². The second kappa shape index (κ2) is 4.64. The molecule has 0 aromatic rings. The molecule has 0 aromatic heterocycles. The first-order valence-electron chi connectivity index (χ1n) is 3.88. The summed E-state index contributed by atoms with van der Waals surface area (Å²) in [5.41, 5.74) is -0.530. The molecule has 74 valence electrons. The highest BCUT2D eigenvalue weighted by atomic mass is 16.6. The molecule has 4 nitrogen and oxygen atoms in total. The van der Waals surface area contributed by atoms with Crippen molar-refractivity contribution in [2.24, 2.45) is 0 Å². The van der Waals surface area contributed by atoms with Crippen molar-refractivity contribution in [1.82, 2.24) is 0 Å². The van der Waals surface area contributed by atoms with Gasteiger partial charge >= 0.3 is 11.9 Å². The predicted molar refractivity (Wildman–Crippen MR) is 46.8 cm³/mol. The fourth-order valence-corrected chi connectivity index (χ4v) is 0.521. The van der Waals surface area contributed by atoms with E-state index in [4.69, 9.17) is 4.74 Å². The highest BCUT2D eigenvalue weighted by Gasteiger charge is 2.13. The van der Waals surface area contributed by atoms with Crippen LogP contribution in [0.5, 0.6) is 0 Å². The molecule has 0 aliphatic rings. The largest absolute Gasteiger partial charge is 0.457 e. The molecule has 0 saturated heterocycles. The Morgan fingerprint density at radius 2 is 1.77 bits per heavy atom. The lowest BCUT2D eigenvalue weighted by atomic mass is 10.2. The van der Waals surface area contributed by atoms with Crippen molar-refractivity contribution in [2.75, 3.05) is 0 Å². The van der Waals surface area contributed by atoms with E-state index in [1.807, 2.05) is 0 Å². The number of rotatable bonds is 2. The monoisotopic (exact) mass is 186 g/mol. The molecule has 0 atom stereocenters. The van der Waals surface area contributed by atoms with E-state index in [1.54, 1.807) is 20.8 Å². The molecule has 4 heteroatoms. The second-order valence-electron chi connectivity index (χ2n) is 3.45. The first-order chi connectivity index (χ1) is 5.81. The van der Waals surface area contributed by atoms with Crippen molar-refractivity contribution >= 4 is 11.9 Å². The molecule has 0 saturated carbocycles. The third kappa shape index (κ3) is 8.59. The van der Waals surface area contributed by atoms with Gasteiger partial charge in [-0.25, -0.2) is 4.79 Å². The molecule has 0 spiro atoms. The zero-order valence-electron chi connectivity index (χ0n) is 8.29. The lowest BCUT2D eigenvalue weighted by molar-refractivity contribution is -0.148. The van der Waals surface area contributed by atoms with Crippen LogP contribution in [0.2, 0.25) is 0 Å². The van der Waals surface area contributed by atoms with E-state index < -0.39 is 17.5 Å². The summed E-state index contributed by atoms with van der Waals surface area (Å²) in [6.45, 7) is 6.51. The molecule has 0 unspecified atom stereocenters. The lowest BCUT2D eigenvalue weighted by Gasteiger charge is -2.17. The van der Waals surface area contributed by atoms with E-state index in [0.717, 1.165) is 12.3 Å². The van der Waals surface area contributed by atoms with Crippen LogP contribution >= 0.6 is 0 Å². The zero-order chi connectivity index (χ0) is 10.5. The minimum Gasteiger partial charge on any atom is -0.457 e. The van der Waals surface area contributed by atoms with Gasteiger partial charge in [-0.05, 0) is 20.8 Å². The van der Waals surface area contributed by atoms with Gasteiger partial charge in [0.15, 0.2) is 0 Å². The van der Waals surface area contributed by atoms with Gasteiger partial charge in [-0.2, -0.15) is 0 Å². The van der Waals surface area contributed by atoms with E-state index in [-0.39, 0.29) is 0 Å². The fourth-order valence-electron chi connectivity index (χ4n) is 0.521. The van der Waals surface area contributed by atoms with Gasteiger partial charge in [0, 0.05) is 6.92 Å². The Morgan fingerprint density at radius 3 is 2.15 bits per heavy atom. The Labute approximate surface area is 77.5 Å². The summed E-state index contributed by atoms with van der Waals surface area (Å²) < 4.78 is 9.31. The Kier molecular flexibility index (Phi) is 4.17. The van der Waals surface area contributed by atoms with Crippen LogP contribution in [0.3, 0.4) is 0 Å². The van der Waals surface area contributed by atoms with Crippen molar-refractivity contribution in [2.45, 2.75) is 33.3 Å². The smallest absolute Gasteiger partial charge is 0.334 e. The molecule has 13 heavy (non-hydrogen) atoms. The Balaban J connectivity index is 3.88. The average Bonchev–Trinajstić information content (AvgIpc) is 1.81. The number of ether oxygens (including phenoxy) is 2. The predicted octanol–water partition coefficient (Wildman–Crippen LogP) is 1.40. The molecule has 0 fully saturated rings. The van der Waals surface area contributed by atoms with Crippen LogP contribution in [-0.2, 0) is 19.1 Å². The fraction of sp³-hybridized carbons (Fsp3) is 0.556. The number of carbonyl (C=O) groups is 2. The molecular formula is C9H14O4. The molecule has 0 heterocycles. The number of carbonyl (C=O) groups excluding carboxylic acids is 2. The zero-order valence-corrected chi connectivity index (χ0v) is 8.29. The van der Waals surface area contributed by atoms with Crippen LogP contribution in [0.25, 0.3) is 0 Å². The summed E-state index contributed by atoms with van der Waals surface area (Å²) in [7, 11) is 0. The molecule has 0 aliphatic heterocycles. The quantitative estimate of drug-likeness (QED) is 0.371. The van der Waals surface area contributed by atoms with Gasteiger partial charge < -0.3 is 9.47 Å². The minimum absolute atomic E-state index is 0.472. The lowest BCUT2D eigenvalue weighted by Crippen LogP contribution is -2.22. The highest BCUT2D eigenvalue weighted by Crippen LogP contribution is 2.06. The SMILES string of the molecule is CC(=O)O/C=C/C(=O)OC(C)(C)C. The van der Waals surface area contributed by atoms with Crippen LogP contribution in [0.4, 0.5) is 0 Å². The van der Waals surface area contributed by atoms with Gasteiger partial charge in [0.05, 0.1) is 6.08 Å². The number of esters is 2. The van der Waals surface area contributed by atoms with Crippen molar-refractivity contribution in [3.63, 3.8) is 0 Å². The molecule has 0 aromatic carbocycles. The van der Waals surface area contributed by atoms with Gasteiger partial charge in [0.25, 0.3) is 0 Å². The summed E-state index contributed by atoms with van der Waals surface area (Å²) >= 11 is 0. The Morgan fingerprint density at radius 1 is 1.23 bits per heavy atom. The first-order valence-corrected chi connectivity index (χ1v) is 3.88. The molecule has 0 aliphatic carbocycles. The van der Waals surface area contributed by atoms with Crippen molar-refractivity contribution in [3.05, 3.63) is 12.3 Å². The van der Waals surface area contributed by atoms with Crippen LogP contribution in [0, 0.1) is 0 Å². The summed E-state index contributed by atoms with van der Waals surface area (Å²) in [5.74, 6) is -1.01. The molecule has 0 amide bonds. The molecule has 0 radical (unpaired) electrons. The number of hydrogen-bond donors (Lipinski definition) is 0. The van der Waals surface area contributed by atoms with Crippen LogP contribution in [-0.4, -0.2) is 17.5 Å². The topological polar surface area (TPSA) is 52.6 Å². The average molecular weight is 186 g/mol. The van der Waals surface area contributed by atoms with Crippen molar-refractivity contribution < 1.29 is 19.1 Å². The molecule has 0 rings (SSSR count). The van der Waals surface area contributed by atoms with Crippen molar-refractivity contribution in [3.8, 4) is 0 Å². The number of hydrogen-bond acceptors (Lipinski definition) is 4. The molecule has 0 bridgehead atoms. The molecule has 0 N–H and O–H groups in total. The Hall–Kier alpha value is -1.32. The van der Waals surface area contributed by atoms with E-state index in [1.165, 1.54) is 6.92 Å². The summed E-state index contributed by atoms with van der Waals surface area (Å²) in [5, 5.41) is 0. The maximum atomic E-state index is 10.9. The van der Waals surface area contributed by atoms with Gasteiger partial charge in [-0.3, -0.25) is 4.79 Å². The Bertz CT molecular complexity index is 222. The van der Waals surface area contributed by atoms with Gasteiger partial charge in [-0.1, -0.05) is 0 Å². The standard InChI is InChI=1S/C9H14O4/c1-7(10)12-6-5-8(11)13-9(2,3)4/h5-6H,1-4H3/b6-5+.